The van der Waals surface area contributed by atoms with E-state index in [0.717, 1.165) is 30.4 Å². The third-order valence-electron chi connectivity index (χ3n) is 8.19. The van der Waals surface area contributed by atoms with Crippen LogP contribution >= 0.6 is 11.3 Å². The van der Waals surface area contributed by atoms with E-state index in [1.54, 1.807) is 11.3 Å². The largest absolute Gasteiger partial charge is 0.393 e. The Hall–Kier alpha value is -1.04. The highest BCUT2D eigenvalue weighted by Crippen LogP contribution is 2.62. The second-order valence-corrected chi connectivity index (χ2v) is 13.3. The van der Waals surface area contributed by atoms with Crippen LogP contribution in [0.15, 0.2) is 17.5 Å². The first kappa shape index (κ1) is 25.1. The fourth-order valence-electron chi connectivity index (χ4n) is 6.48. The average Bonchev–Trinajstić information content (AvgIpc) is 3.26. The van der Waals surface area contributed by atoms with Crippen molar-refractivity contribution in [3.05, 3.63) is 22.4 Å². The smallest absolute Gasteiger partial charge is 0.220 e. The first-order valence-corrected chi connectivity index (χ1v) is 14.5. The molecule has 1 amide bonds. The molecule has 33 heavy (non-hydrogen) atoms. The zero-order valence-electron chi connectivity index (χ0n) is 19.6. The summed E-state index contributed by atoms with van der Waals surface area (Å²) in [7, 11) is -3.32. The lowest BCUT2D eigenvalue weighted by molar-refractivity contribution is -0.305. The number of aliphatic hydroxyl groups excluding tert-OH is 1. The van der Waals surface area contributed by atoms with Crippen LogP contribution in [-0.4, -0.2) is 57.3 Å². The average molecular weight is 501 g/mol. The zero-order chi connectivity index (χ0) is 23.9. The van der Waals surface area contributed by atoms with Gasteiger partial charge in [0, 0.05) is 16.7 Å². The van der Waals surface area contributed by atoms with Crippen LogP contribution in [0.2, 0.25) is 0 Å². The van der Waals surface area contributed by atoms with Crippen LogP contribution < -0.4 is 10.0 Å². The van der Waals surface area contributed by atoms with Gasteiger partial charge in [0.2, 0.25) is 15.9 Å². The summed E-state index contributed by atoms with van der Waals surface area (Å²) in [4.78, 5) is 13.9. The Kier molecular flexibility index (Phi) is 7.25. The van der Waals surface area contributed by atoms with Crippen LogP contribution in [0.5, 0.6) is 0 Å². The normalized spacial score (nSPS) is 38.8. The van der Waals surface area contributed by atoms with E-state index < -0.39 is 22.4 Å². The van der Waals surface area contributed by atoms with Crippen LogP contribution in [-0.2, 0) is 30.8 Å². The van der Waals surface area contributed by atoms with Gasteiger partial charge >= 0.3 is 0 Å². The van der Waals surface area contributed by atoms with E-state index in [9.17, 15) is 18.3 Å². The molecule has 186 valence electrons. The lowest BCUT2D eigenvalue weighted by Crippen LogP contribution is -2.63. The molecule has 1 aromatic heterocycles. The van der Waals surface area contributed by atoms with E-state index >= 15 is 0 Å². The van der Waals surface area contributed by atoms with Crippen molar-refractivity contribution in [1.29, 1.82) is 0 Å². The Morgan fingerprint density at radius 2 is 2.06 bits per heavy atom. The molecule has 7 unspecified atom stereocenters. The van der Waals surface area contributed by atoms with Gasteiger partial charge < -0.3 is 19.9 Å². The molecule has 8 nitrogen and oxygen atoms in total. The minimum Gasteiger partial charge on any atom is -0.393 e. The molecule has 3 aliphatic rings. The highest BCUT2D eigenvalue weighted by molar-refractivity contribution is 7.88. The fraction of sp³-hybridized carbons (Fsp3) is 0.783. The molecule has 0 radical (unpaired) electrons. The number of amides is 1. The van der Waals surface area contributed by atoms with Gasteiger partial charge in [-0.15, -0.1) is 11.3 Å². The maximum atomic E-state index is 12.8. The fourth-order valence-corrected chi connectivity index (χ4v) is 7.57. The molecule has 10 heteroatoms. The van der Waals surface area contributed by atoms with Crippen LogP contribution in [0, 0.1) is 22.7 Å². The molecule has 3 N–H and O–H groups in total. The molecule has 2 heterocycles. The third-order valence-corrected chi connectivity index (χ3v) is 9.76. The van der Waals surface area contributed by atoms with E-state index in [4.69, 9.17) is 9.47 Å². The van der Waals surface area contributed by atoms with E-state index in [1.807, 2.05) is 17.5 Å². The summed E-state index contributed by atoms with van der Waals surface area (Å²) < 4.78 is 37.5. The Morgan fingerprint density at radius 3 is 2.76 bits per heavy atom. The number of fused-ring (bicyclic) bond motifs is 3. The molecule has 1 aromatic rings. The molecular weight excluding hydrogens is 464 g/mol. The second kappa shape index (κ2) is 9.54. The maximum absolute atomic E-state index is 12.8. The quantitative estimate of drug-likeness (QED) is 0.529. The van der Waals surface area contributed by atoms with Crippen molar-refractivity contribution in [2.24, 2.45) is 22.7 Å². The van der Waals surface area contributed by atoms with Crippen LogP contribution in [0.1, 0.15) is 50.8 Å². The first-order valence-electron chi connectivity index (χ1n) is 11.7. The predicted octanol–water partition coefficient (Wildman–Crippen LogP) is 2.24. The summed E-state index contributed by atoms with van der Waals surface area (Å²) in [5.74, 6) is 0.0951. The predicted molar refractivity (Wildman–Crippen MR) is 126 cm³/mol. The number of aliphatic hydroxyl groups is 1. The van der Waals surface area contributed by atoms with E-state index in [0.29, 0.717) is 26.0 Å². The van der Waals surface area contributed by atoms with E-state index in [2.05, 4.69) is 23.9 Å². The number of carbonyl (C=O) groups is 1. The first-order chi connectivity index (χ1) is 15.5. The van der Waals surface area contributed by atoms with Gasteiger partial charge in [-0.3, -0.25) is 4.79 Å². The molecular formula is C23H36N2O6S2. The van der Waals surface area contributed by atoms with Gasteiger partial charge in [0.15, 0.2) is 6.29 Å². The van der Waals surface area contributed by atoms with Gasteiger partial charge in [0.1, 0.15) is 0 Å². The summed E-state index contributed by atoms with van der Waals surface area (Å²) in [6, 6.07) is 3.97. The molecule has 2 saturated carbocycles. The number of thiophene rings is 1. The van der Waals surface area contributed by atoms with Crippen molar-refractivity contribution in [3.63, 3.8) is 0 Å². The molecule has 3 fully saturated rings. The van der Waals surface area contributed by atoms with E-state index in [-0.39, 0.29) is 41.2 Å². The number of hydrogen-bond acceptors (Lipinski definition) is 7. The minimum absolute atomic E-state index is 0.0235. The highest BCUT2D eigenvalue weighted by atomic mass is 32.2. The molecule has 0 spiro atoms. The van der Waals surface area contributed by atoms with Crippen molar-refractivity contribution < 1.29 is 27.8 Å². The molecule has 0 bridgehead atoms. The standard InChI is InChI=1S/C23H36N2O6S2/c1-22-9-8-19-23(2,14-30-21(31-19)13-25-33(3,28)29)18(22)7-6-17(26)16(22)11-20(27)24-12-15-5-4-10-32-15/h4-5,10,16-19,21,25-26H,6-9,11-14H2,1-3H3,(H,24,27). The lowest BCUT2D eigenvalue weighted by atomic mass is 9.46. The minimum atomic E-state index is -3.32. The number of ether oxygens (including phenoxy) is 2. The third kappa shape index (κ3) is 5.31. The summed E-state index contributed by atoms with van der Waals surface area (Å²) in [6.07, 6.45) is 3.44. The van der Waals surface area contributed by atoms with Crippen molar-refractivity contribution in [1.82, 2.24) is 10.0 Å². The van der Waals surface area contributed by atoms with Crippen LogP contribution in [0.4, 0.5) is 0 Å². The van der Waals surface area contributed by atoms with Crippen molar-refractivity contribution in [3.8, 4) is 0 Å². The molecule has 2 aliphatic carbocycles. The summed E-state index contributed by atoms with van der Waals surface area (Å²) in [6.45, 7) is 5.49. The number of nitrogens with one attached hydrogen (secondary N) is 2. The molecule has 4 rings (SSSR count). The van der Waals surface area contributed by atoms with Gasteiger partial charge in [-0.05, 0) is 54.4 Å². The number of rotatable bonds is 7. The van der Waals surface area contributed by atoms with Gasteiger partial charge in [-0.25, -0.2) is 13.1 Å². The SMILES string of the molecule is CC12COC(CNS(C)(=O)=O)OC1CCC1(C)C(CC(=O)NCc3cccs3)C(O)CCC21. The Balaban J connectivity index is 1.43. The molecule has 0 aromatic carbocycles. The number of hydrogen-bond donors (Lipinski definition) is 3. The molecule has 1 saturated heterocycles. The summed E-state index contributed by atoms with van der Waals surface area (Å²) in [5, 5.41) is 15.9. The number of carbonyl (C=O) groups excluding carboxylic acids is 1. The molecule has 1 aliphatic heterocycles. The Morgan fingerprint density at radius 1 is 1.27 bits per heavy atom. The van der Waals surface area contributed by atoms with Gasteiger partial charge in [-0.1, -0.05) is 19.9 Å². The topological polar surface area (TPSA) is 114 Å². The monoisotopic (exact) mass is 500 g/mol. The second-order valence-electron chi connectivity index (χ2n) is 10.4. The Labute approximate surface area is 200 Å². The van der Waals surface area contributed by atoms with Gasteiger partial charge in [0.25, 0.3) is 0 Å². The van der Waals surface area contributed by atoms with Gasteiger partial charge in [-0.2, -0.15) is 0 Å². The van der Waals surface area contributed by atoms with Crippen molar-refractivity contribution >= 4 is 27.3 Å². The molecule has 7 atom stereocenters. The number of sulfonamides is 1. The summed E-state index contributed by atoms with van der Waals surface area (Å²) in [5.41, 5.74) is -0.450. The van der Waals surface area contributed by atoms with Crippen molar-refractivity contribution in [2.75, 3.05) is 19.4 Å². The Bertz CT molecular complexity index is 939. The van der Waals surface area contributed by atoms with E-state index in [1.165, 1.54) is 0 Å². The maximum Gasteiger partial charge on any atom is 0.220 e. The lowest BCUT2D eigenvalue weighted by Gasteiger charge is -2.63. The van der Waals surface area contributed by atoms with Crippen LogP contribution in [0.25, 0.3) is 0 Å². The van der Waals surface area contributed by atoms with Crippen LogP contribution in [0.3, 0.4) is 0 Å². The zero-order valence-corrected chi connectivity index (χ0v) is 21.2. The summed E-state index contributed by atoms with van der Waals surface area (Å²) >= 11 is 1.62. The highest BCUT2D eigenvalue weighted by Gasteiger charge is 2.61. The van der Waals surface area contributed by atoms with Crippen molar-refractivity contribution in [2.45, 2.75) is 71.0 Å². The van der Waals surface area contributed by atoms with Gasteiger partial charge in [0.05, 0.1) is 38.2 Å².